The highest BCUT2D eigenvalue weighted by Crippen LogP contribution is 2.13. The number of nitrogens with zero attached hydrogens (tertiary/aromatic N) is 1. The number of likely N-dealkylation sites (tertiary alicyclic amines) is 1. The largest absolute Gasteiger partial charge is 0.497 e. The molecule has 0 spiro atoms. The number of nitrogens with one attached hydrogen (secondary N) is 3. The molecular formula is C35H54N4O7. The maximum Gasteiger partial charge on any atom is 0.315 e. The molecule has 11 nitrogen and oxygen atoms in total. The van der Waals surface area contributed by atoms with E-state index in [1.807, 2.05) is 56.3 Å². The monoisotopic (exact) mass is 642 g/mol. The van der Waals surface area contributed by atoms with E-state index in [1.165, 1.54) is 5.56 Å². The van der Waals surface area contributed by atoms with Crippen molar-refractivity contribution in [3.05, 3.63) is 65.7 Å². The predicted molar refractivity (Wildman–Crippen MR) is 179 cm³/mol. The van der Waals surface area contributed by atoms with E-state index < -0.39 is 36.4 Å². The molecule has 2 aromatic carbocycles. The molecule has 256 valence electrons. The Labute approximate surface area is 274 Å². The number of aliphatic hydroxyl groups excluding tert-OH is 1. The molecule has 0 aliphatic carbocycles. The van der Waals surface area contributed by atoms with Crippen LogP contribution in [-0.4, -0.2) is 85.7 Å². The van der Waals surface area contributed by atoms with Crippen molar-refractivity contribution in [2.45, 2.75) is 84.9 Å². The molecule has 1 aliphatic heterocycles. The van der Waals surface area contributed by atoms with Crippen LogP contribution in [0.15, 0.2) is 54.6 Å². The number of esters is 1. The van der Waals surface area contributed by atoms with Gasteiger partial charge in [0.15, 0.2) is 0 Å². The van der Waals surface area contributed by atoms with Crippen LogP contribution in [0.25, 0.3) is 0 Å². The summed E-state index contributed by atoms with van der Waals surface area (Å²) in [6.45, 7) is 9.94. The minimum Gasteiger partial charge on any atom is -0.497 e. The number of piperidine rings is 1. The summed E-state index contributed by atoms with van der Waals surface area (Å²) >= 11 is 0. The second-order valence-electron chi connectivity index (χ2n) is 10.6. The van der Waals surface area contributed by atoms with Gasteiger partial charge in [-0.15, -0.1) is 0 Å². The molecule has 1 saturated heterocycles. The Morgan fingerprint density at radius 3 is 2.26 bits per heavy atom. The number of methoxy groups -OCH3 is 1. The number of rotatable bonds is 15. The second-order valence-corrected chi connectivity index (χ2v) is 10.6. The van der Waals surface area contributed by atoms with E-state index in [0.29, 0.717) is 19.6 Å². The van der Waals surface area contributed by atoms with E-state index in [0.717, 1.165) is 30.6 Å². The number of benzene rings is 2. The van der Waals surface area contributed by atoms with Crippen LogP contribution in [-0.2, 0) is 30.5 Å². The van der Waals surface area contributed by atoms with E-state index in [1.54, 1.807) is 18.9 Å². The van der Waals surface area contributed by atoms with Gasteiger partial charge in [0.2, 0.25) is 17.7 Å². The van der Waals surface area contributed by atoms with Crippen molar-refractivity contribution >= 4 is 23.7 Å². The summed E-state index contributed by atoms with van der Waals surface area (Å²) in [6.07, 6.45) is 1.78. The van der Waals surface area contributed by atoms with Gasteiger partial charge in [0.25, 0.3) is 0 Å². The molecule has 4 N–H and O–H groups in total. The number of carbonyl (C=O) groups is 4. The zero-order valence-electron chi connectivity index (χ0n) is 28.2. The number of ether oxygens (including phenoxy) is 2. The average molecular weight is 643 g/mol. The minimum atomic E-state index is -1.02. The Morgan fingerprint density at radius 1 is 0.957 bits per heavy atom. The van der Waals surface area contributed by atoms with Gasteiger partial charge in [-0.2, -0.15) is 0 Å². The first-order chi connectivity index (χ1) is 22.2. The van der Waals surface area contributed by atoms with Crippen LogP contribution in [0, 0.1) is 6.92 Å². The van der Waals surface area contributed by atoms with Gasteiger partial charge < -0.3 is 35.4 Å². The van der Waals surface area contributed by atoms with Crippen LogP contribution in [0.5, 0.6) is 5.75 Å². The molecule has 11 heteroatoms. The van der Waals surface area contributed by atoms with Crippen molar-refractivity contribution < 1.29 is 33.8 Å². The zero-order chi connectivity index (χ0) is 34.2. The quantitative estimate of drug-likeness (QED) is 0.171. The molecular weight excluding hydrogens is 588 g/mol. The summed E-state index contributed by atoms with van der Waals surface area (Å²) in [5.74, 6) is -1.22. The first kappa shape index (κ1) is 40.1. The van der Waals surface area contributed by atoms with Gasteiger partial charge in [-0.1, -0.05) is 61.9 Å². The molecule has 1 aliphatic rings. The third-order valence-electron chi connectivity index (χ3n) is 6.91. The number of hydrogen-bond acceptors (Lipinski definition) is 8. The van der Waals surface area contributed by atoms with Crippen LogP contribution < -0.4 is 20.7 Å². The third kappa shape index (κ3) is 17.5. The van der Waals surface area contributed by atoms with E-state index in [9.17, 15) is 24.3 Å². The fraction of sp³-hybridized carbons (Fsp3) is 0.543. The van der Waals surface area contributed by atoms with Crippen LogP contribution >= 0.6 is 0 Å². The number of carbonyl (C=O) groups excluding carboxylic acids is 4. The van der Waals surface area contributed by atoms with Gasteiger partial charge in [-0.05, 0) is 57.2 Å². The molecule has 2 atom stereocenters. The van der Waals surface area contributed by atoms with E-state index in [-0.39, 0.29) is 38.4 Å². The summed E-state index contributed by atoms with van der Waals surface area (Å²) in [6, 6.07) is 16.8. The first-order valence-corrected chi connectivity index (χ1v) is 16.3. The summed E-state index contributed by atoms with van der Waals surface area (Å²) in [7, 11) is 1.59. The van der Waals surface area contributed by atoms with Crippen LogP contribution in [0.2, 0.25) is 0 Å². The molecule has 0 aromatic heterocycles. The Balaban J connectivity index is 0.00000102. The van der Waals surface area contributed by atoms with E-state index >= 15 is 0 Å². The molecule has 1 fully saturated rings. The molecule has 0 unspecified atom stereocenters. The lowest BCUT2D eigenvalue weighted by Gasteiger charge is -2.27. The number of hydrogen-bond donors (Lipinski definition) is 4. The normalized spacial score (nSPS) is 13.4. The molecule has 3 rings (SSSR count). The van der Waals surface area contributed by atoms with Crippen molar-refractivity contribution in [1.29, 1.82) is 0 Å². The molecule has 0 radical (unpaired) electrons. The maximum atomic E-state index is 12.8. The highest BCUT2D eigenvalue weighted by atomic mass is 16.5. The van der Waals surface area contributed by atoms with Gasteiger partial charge in [0, 0.05) is 39.1 Å². The maximum absolute atomic E-state index is 12.8. The summed E-state index contributed by atoms with van der Waals surface area (Å²) in [5.41, 5.74) is 2.31. The minimum absolute atomic E-state index is 0.0474. The Hall–Kier alpha value is -3.96. The van der Waals surface area contributed by atoms with Crippen molar-refractivity contribution in [3.63, 3.8) is 0 Å². The zero-order valence-corrected chi connectivity index (χ0v) is 28.2. The summed E-state index contributed by atoms with van der Waals surface area (Å²) in [4.78, 5) is 51.1. The van der Waals surface area contributed by atoms with Crippen LogP contribution in [0.1, 0.15) is 70.4 Å². The van der Waals surface area contributed by atoms with Gasteiger partial charge in [-0.25, -0.2) is 0 Å². The Kier molecular flexibility index (Phi) is 21.2. The Morgan fingerprint density at radius 2 is 1.65 bits per heavy atom. The van der Waals surface area contributed by atoms with Crippen molar-refractivity contribution in [2.75, 3.05) is 39.9 Å². The second kappa shape index (κ2) is 24.3. The lowest BCUT2D eigenvalue weighted by molar-refractivity contribution is -0.146. The summed E-state index contributed by atoms with van der Waals surface area (Å²) < 4.78 is 9.98. The number of amides is 3. The molecule has 2 aromatic rings. The highest BCUT2D eigenvalue weighted by Gasteiger charge is 2.25. The smallest absolute Gasteiger partial charge is 0.315 e. The van der Waals surface area contributed by atoms with E-state index in [4.69, 9.17) is 9.47 Å². The topological polar surface area (TPSA) is 146 Å². The van der Waals surface area contributed by atoms with Crippen molar-refractivity contribution in [2.24, 2.45) is 0 Å². The van der Waals surface area contributed by atoms with Gasteiger partial charge >= 0.3 is 5.97 Å². The summed E-state index contributed by atoms with van der Waals surface area (Å²) in [5, 5.41) is 18.6. The van der Waals surface area contributed by atoms with Gasteiger partial charge in [0.05, 0.1) is 19.8 Å². The lowest BCUT2D eigenvalue weighted by Crippen LogP contribution is -2.50. The van der Waals surface area contributed by atoms with Crippen molar-refractivity contribution in [3.8, 4) is 5.75 Å². The molecule has 0 bridgehead atoms. The fourth-order valence-corrected chi connectivity index (χ4v) is 4.54. The van der Waals surface area contributed by atoms with Gasteiger partial charge in [0.1, 0.15) is 18.2 Å². The number of aryl methyl sites for hydroxylation is 1. The highest BCUT2D eigenvalue weighted by molar-refractivity contribution is 5.96. The Bertz CT molecular complexity index is 1160. The van der Waals surface area contributed by atoms with Gasteiger partial charge in [-0.3, -0.25) is 19.2 Å². The molecule has 1 heterocycles. The van der Waals surface area contributed by atoms with Crippen LogP contribution in [0.3, 0.4) is 0 Å². The average Bonchev–Trinajstić information content (AvgIpc) is 3.07. The molecule has 46 heavy (non-hydrogen) atoms. The molecule has 0 saturated carbocycles. The van der Waals surface area contributed by atoms with Crippen LogP contribution in [0.4, 0.5) is 0 Å². The lowest BCUT2D eigenvalue weighted by atomic mass is 10.1. The SMILES string of the molecule is CC.CCOC(=O)CC(=O)N[C@H](CCC(=O)N1CCCCC1)C(=O)NC[C@H](O)CNCc1cccc(OC)c1.Cc1ccccc1. The van der Waals surface area contributed by atoms with Crippen molar-refractivity contribution in [1.82, 2.24) is 20.9 Å². The number of aliphatic hydroxyl groups is 1. The predicted octanol–water partition coefficient (Wildman–Crippen LogP) is 3.51. The fourth-order valence-electron chi connectivity index (χ4n) is 4.54. The molecule has 3 amide bonds. The standard InChI is InChI=1S/C26H40N4O7.C7H8.C2H6/c1-3-37-25(34)15-23(32)29-22(10-11-24(33)30-12-5-4-6-13-30)26(35)28-18-20(31)17-27-16-19-8-7-9-21(14-19)36-2;1-7-5-3-2-4-6-7;1-2/h7-9,14,20,22,27,31H,3-6,10-13,15-18H2,1-2H3,(H,28,35)(H,29,32);2-6H,1H3;1-2H3/t20-,22-;;/m1../s1. The van der Waals surface area contributed by atoms with E-state index in [2.05, 4.69) is 35.0 Å². The third-order valence-corrected chi connectivity index (χ3v) is 6.91. The first-order valence-electron chi connectivity index (χ1n) is 16.3.